The minimum atomic E-state index is 0.668. The zero-order valence-corrected chi connectivity index (χ0v) is 6.95. The maximum absolute atomic E-state index is 5.57. The lowest BCUT2D eigenvalue weighted by Gasteiger charge is -2.15. The fourth-order valence-electron chi connectivity index (χ4n) is 1.24. The van der Waals surface area contributed by atoms with Gasteiger partial charge in [0.05, 0.1) is 0 Å². The molecule has 0 heterocycles. The zero-order chi connectivity index (χ0) is 7.40. The minimum Gasteiger partial charge on any atom is -0.122 e. The summed E-state index contributed by atoms with van der Waals surface area (Å²) in [5.74, 6) is 0.668. The van der Waals surface area contributed by atoms with Crippen molar-refractivity contribution in [3.05, 3.63) is 23.8 Å². The first-order chi connectivity index (χ1) is 4.83. The van der Waals surface area contributed by atoms with Crippen molar-refractivity contribution in [3.63, 3.8) is 0 Å². The smallest absolute Gasteiger partial charge is 0.0406 e. The van der Waals surface area contributed by atoms with Crippen molar-refractivity contribution < 1.29 is 0 Å². The third-order valence-electron chi connectivity index (χ3n) is 1.97. The molecule has 0 aromatic rings. The molecule has 0 atom stereocenters. The molecule has 1 fully saturated rings. The molecular formula is C9H13Cl. The molecule has 0 N–H and O–H groups in total. The van der Waals surface area contributed by atoms with Crippen LogP contribution in [-0.2, 0) is 0 Å². The first-order valence-electron chi connectivity index (χ1n) is 3.73. The Hall–Kier alpha value is -0.230. The summed E-state index contributed by atoms with van der Waals surface area (Å²) in [5.41, 5.74) is 2.91. The summed E-state index contributed by atoms with van der Waals surface area (Å²) in [5, 5.41) is 0. The van der Waals surface area contributed by atoms with Crippen molar-refractivity contribution in [2.75, 3.05) is 5.88 Å². The van der Waals surface area contributed by atoms with Crippen molar-refractivity contribution in [3.8, 4) is 0 Å². The van der Waals surface area contributed by atoms with E-state index in [0.29, 0.717) is 5.88 Å². The number of alkyl halides is 1. The van der Waals surface area contributed by atoms with Gasteiger partial charge in [-0.3, -0.25) is 0 Å². The molecule has 0 amide bonds. The molecule has 0 nitrogen and oxygen atoms in total. The SMILES string of the molecule is C=C1CCC(=CCCl)CC1. The summed E-state index contributed by atoms with van der Waals surface area (Å²) in [6, 6.07) is 0. The average Bonchev–Trinajstić information content (AvgIpc) is 1.95. The van der Waals surface area contributed by atoms with E-state index in [9.17, 15) is 0 Å². The lowest BCUT2D eigenvalue weighted by molar-refractivity contribution is 0.730. The third kappa shape index (κ3) is 2.18. The summed E-state index contributed by atoms with van der Waals surface area (Å²) >= 11 is 5.57. The van der Waals surface area contributed by atoms with Gasteiger partial charge in [0.15, 0.2) is 0 Å². The van der Waals surface area contributed by atoms with Crippen molar-refractivity contribution in [1.29, 1.82) is 0 Å². The van der Waals surface area contributed by atoms with Gasteiger partial charge in [-0.05, 0) is 25.7 Å². The molecule has 0 bridgehead atoms. The first-order valence-corrected chi connectivity index (χ1v) is 4.27. The number of hydrogen-bond acceptors (Lipinski definition) is 0. The Morgan fingerprint density at radius 1 is 1.30 bits per heavy atom. The number of halogens is 1. The van der Waals surface area contributed by atoms with E-state index in [-0.39, 0.29) is 0 Å². The second-order valence-corrected chi connectivity index (χ2v) is 3.08. The van der Waals surface area contributed by atoms with Crippen LogP contribution in [0.5, 0.6) is 0 Å². The van der Waals surface area contributed by atoms with Gasteiger partial charge in [0, 0.05) is 5.88 Å². The predicted molar refractivity (Wildman–Crippen MR) is 46.4 cm³/mol. The lowest BCUT2D eigenvalue weighted by atomic mass is 9.91. The van der Waals surface area contributed by atoms with Gasteiger partial charge in [0.1, 0.15) is 0 Å². The standard InChI is InChI=1S/C9H13Cl/c1-8-2-4-9(5-3-8)6-7-10/h6H,1-5,7H2. The fourth-order valence-corrected chi connectivity index (χ4v) is 1.46. The van der Waals surface area contributed by atoms with Gasteiger partial charge in [0.25, 0.3) is 0 Å². The van der Waals surface area contributed by atoms with Gasteiger partial charge < -0.3 is 0 Å². The molecule has 0 aromatic carbocycles. The molecule has 1 aliphatic carbocycles. The molecule has 0 radical (unpaired) electrons. The lowest BCUT2D eigenvalue weighted by Crippen LogP contribution is -1.96. The van der Waals surface area contributed by atoms with Crippen LogP contribution < -0.4 is 0 Å². The van der Waals surface area contributed by atoms with E-state index in [1.54, 1.807) is 0 Å². The summed E-state index contributed by atoms with van der Waals surface area (Å²) in [6.45, 7) is 3.95. The quantitative estimate of drug-likeness (QED) is 0.404. The average molecular weight is 157 g/mol. The molecule has 0 unspecified atom stereocenters. The summed E-state index contributed by atoms with van der Waals surface area (Å²) < 4.78 is 0. The van der Waals surface area contributed by atoms with E-state index in [4.69, 9.17) is 11.6 Å². The molecule has 10 heavy (non-hydrogen) atoms. The highest BCUT2D eigenvalue weighted by Crippen LogP contribution is 2.25. The summed E-state index contributed by atoms with van der Waals surface area (Å²) in [6.07, 6.45) is 6.84. The maximum Gasteiger partial charge on any atom is 0.0406 e. The molecular weight excluding hydrogens is 144 g/mol. The van der Waals surface area contributed by atoms with Crippen LogP contribution in [0.25, 0.3) is 0 Å². The van der Waals surface area contributed by atoms with E-state index in [0.717, 1.165) is 0 Å². The molecule has 1 heteroatoms. The molecule has 56 valence electrons. The highest BCUT2D eigenvalue weighted by atomic mass is 35.5. The van der Waals surface area contributed by atoms with Crippen LogP contribution in [-0.4, -0.2) is 5.88 Å². The molecule has 0 saturated heterocycles. The van der Waals surface area contributed by atoms with E-state index < -0.39 is 0 Å². The van der Waals surface area contributed by atoms with Crippen LogP contribution in [0, 0.1) is 0 Å². The van der Waals surface area contributed by atoms with Gasteiger partial charge in [-0.2, -0.15) is 0 Å². The van der Waals surface area contributed by atoms with Crippen molar-refractivity contribution in [2.24, 2.45) is 0 Å². The fraction of sp³-hybridized carbons (Fsp3) is 0.556. The number of hydrogen-bond donors (Lipinski definition) is 0. The van der Waals surface area contributed by atoms with E-state index in [2.05, 4.69) is 12.7 Å². The second-order valence-electron chi connectivity index (χ2n) is 2.77. The molecule has 1 aliphatic rings. The van der Waals surface area contributed by atoms with E-state index >= 15 is 0 Å². The minimum absolute atomic E-state index is 0.668. The van der Waals surface area contributed by atoms with Crippen LogP contribution in [0.3, 0.4) is 0 Å². The van der Waals surface area contributed by atoms with Gasteiger partial charge >= 0.3 is 0 Å². The first kappa shape index (κ1) is 7.87. The highest BCUT2D eigenvalue weighted by molar-refractivity contribution is 6.18. The molecule has 0 spiro atoms. The van der Waals surface area contributed by atoms with Gasteiger partial charge in [-0.15, -0.1) is 11.6 Å². The Labute approximate surface area is 67.6 Å². The number of rotatable bonds is 1. The summed E-state index contributed by atoms with van der Waals surface area (Å²) in [4.78, 5) is 0. The van der Waals surface area contributed by atoms with Crippen molar-refractivity contribution in [1.82, 2.24) is 0 Å². The monoisotopic (exact) mass is 156 g/mol. The van der Waals surface area contributed by atoms with Crippen molar-refractivity contribution >= 4 is 11.6 Å². The normalized spacial score (nSPS) is 19.3. The van der Waals surface area contributed by atoms with Gasteiger partial charge in [-0.25, -0.2) is 0 Å². The molecule has 1 saturated carbocycles. The van der Waals surface area contributed by atoms with Crippen LogP contribution in [0.1, 0.15) is 25.7 Å². The third-order valence-corrected chi connectivity index (χ3v) is 2.12. The van der Waals surface area contributed by atoms with Crippen molar-refractivity contribution in [2.45, 2.75) is 25.7 Å². The molecule has 0 aromatic heterocycles. The number of allylic oxidation sites excluding steroid dienone is 3. The van der Waals surface area contributed by atoms with Crippen LogP contribution >= 0.6 is 11.6 Å². The Bertz CT molecular complexity index is 144. The van der Waals surface area contributed by atoms with E-state index in [1.165, 1.54) is 36.8 Å². The Balaban J connectivity index is 2.39. The molecule has 1 rings (SSSR count). The topological polar surface area (TPSA) is 0 Å². The Morgan fingerprint density at radius 2 is 1.90 bits per heavy atom. The molecule has 0 aliphatic heterocycles. The zero-order valence-electron chi connectivity index (χ0n) is 6.20. The Kier molecular flexibility index (Phi) is 3.01. The van der Waals surface area contributed by atoms with Crippen LogP contribution in [0.15, 0.2) is 23.8 Å². The Morgan fingerprint density at radius 3 is 2.40 bits per heavy atom. The summed E-state index contributed by atoms with van der Waals surface area (Å²) in [7, 11) is 0. The maximum atomic E-state index is 5.57. The van der Waals surface area contributed by atoms with E-state index in [1.807, 2.05) is 0 Å². The van der Waals surface area contributed by atoms with Crippen LogP contribution in [0.4, 0.5) is 0 Å². The predicted octanol–water partition coefficient (Wildman–Crippen LogP) is 3.28. The van der Waals surface area contributed by atoms with Crippen LogP contribution in [0.2, 0.25) is 0 Å². The van der Waals surface area contributed by atoms with Gasteiger partial charge in [-0.1, -0.05) is 23.8 Å². The largest absolute Gasteiger partial charge is 0.122 e. The second kappa shape index (κ2) is 3.82. The highest BCUT2D eigenvalue weighted by Gasteiger charge is 2.06. The van der Waals surface area contributed by atoms with Gasteiger partial charge in [0.2, 0.25) is 0 Å².